The average Bonchev–Trinajstić information content (AvgIpc) is 2.67. The standard InChI is InChI=1S/C10H6F3N2/c11-10(12,13)15-7-6-14-9(15)8-4-2-1-3-5-8/h1-4,6-7H. The summed E-state index contributed by atoms with van der Waals surface area (Å²) in [7, 11) is 0. The zero-order chi connectivity index (χ0) is 10.9. The van der Waals surface area contributed by atoms with Crippen LogP contribution in [0.25, 0.3) is 11.4 Å². The molecule has 15 heavy (non-hydrogen) atoms. The van der Waals surface area contributed by atoms with Crippen LogP contribution in [0.1, 0.15) is 0 Å². The molecule has 0 aliphatic rings. The average molecular weight is 211 g/mol. The van der Waals surface area contributed by atoms with Crippen LogP contribution in [0.2, 0.25) is 0 Å². The van der Waals surface area contributed by atoms with Crippen LogP contribution in [-0.2, 0) is 6.30 Å². The van der Waals surface area contributed by atoms with Crippen molar-refractivity contribution in [3.05, 3.63) is 42.7 Å². The first kappa shape index (κ1) is 9.76. The van der Waals surface area contributed by atoms with Crippen molar-refractivity contribution in [3.8, 4) is 11.4 Å². The topological polar surface area (TPSA) is 17.8 Å². The molecular weight excluding hydrogens is 205 g/mol. The van der Waals surface area contributed by atoms with Gasteiger partial charge in [0.2, 0.25) is 0 Å². The third-order valence-corrected chi connectivity index (χ3v) is 1.86. The Hall–Kier alpha value is -1.78. The van der Waals surface area contributed by atoms with E-state index in [2.05, 4.69) is 11.1 Å². The lowest BCUT2D eigenvalue weighted by Crippen LogP contribution is -2.16. The second-order valence-corrected chi connectivity index (χ2v) is 2.86. The van der Waals surface area contributed by atoms with Crippen molar-refractivity contribution in [1.29, 1.82) is 0 Å². The lowest BCUT2D eigenvalue weighted by molar-refractivity contribution is -0.202. The van der Waals surface area contributed by atoms with E-state index in [1.54, 1.807) is 18.2 Å². The lowest BCUT2D eigenvalue weighted by Gasteiger charge is -2.10. The third-order valence-electron chi connectivity index (χ3n) is 1.86. The molecule has 0 saturated heterocycles. The molecule has 1 radical (unpaired) electrons. The van der Waals surface area contributed by atoms with E-state index in [-0.39, 0.29) is 10.4 Å². The minimum atomic E-state index is -4.45. The van der Waals surface area contributed by atoms with E-state index in [1.165, 1.54) is 6.07 Å². The molecule has 0 atom stereocenters. The molecule has 77 valence electrons. The first-order valence-corrected chi connectivity index (χ1v) is 4.16. The third kappa shape index (κ3) is 1.86. The Morgan fingerprint density at radius 2 is 2.07 bits per heavy atom. The molecule has 0 saturated carbocycles. The summed E-state index contributed by atoms with van der Waals surface area (Å²) in [5, 5.41) is 0. The van der Waals surface area contributed by atoms with Gasteiger partial charge in [0.1, 0.15) is 5.82 Å². The number of benzene rings is 1. The highest BCUT2D eigenvalue weighted by Gasteiger charge is 2.32. The summed E-state index contributed by atoms with van der Waals surface area (Å²) in [5.41, 5.74) is 0.319. The Balaban J connectivity index is 2.51. The van der Waals surface area contributed by atoms with Crippen molar-refractivity contribution in [3.63, 3.8) is 0 Å². The molecule has 0 amide bonds. The molecule has 0 N–H and O–H groups in total. The van der Waals surface area contributed by atoms with E-state index >= 15 is 0 Å². The molecule has 5 heteroatoms. The van der Waals surface area contributed by atoms with Crippen molar-refractivity contribution in [2.75, 3.05) is 0 Å². The molecule has 1 aromatic carbocycles. The minimum Gasteiger partial charge on any atom is -0.241 e. The second-order valence-electron chi connectivity index (χ2n) is 2.86. The van der Waals surface area contributed by atoms with Crippen LogP contribution in [0, 0.1) is 6.07 Å². The summed E-state index contributed by atoms with van der Waals surface area (Å²) in [6, 6.07) is 9.10. The fourth-order valence-electron chi connectivity index (χ4n) is 1.24. The summed E-state index contributed by atoms with van der Waals surface area (Å²) < 4.78 is 37.6. The van der Waals surface area contributed by atoms with Crippen LogP contribution < -0.4 is 0 Å². The summed E-state index contributed by atoms with van der Waals surface area (Å²) in [5.74, 6) is -0.150. The summed E-state index contributed by atoms with van der Waals surface area (Å²) in [4.78, 5) is 3.66. The van der Waals surface area contributed by atoms with E-state index in [0.29, 0.717) is 5.56 Å². The summed E-state index contributed by atoms with van der Waals surface area (Å²) in [6.07, 6.45) is -2.45. The fraction of sp³-hybridized carbons (Fsp3) is 0.100. The van der Waals surface area contributed by atoms with E-state index in [4.69, 9.17) is 0 Å². The number of hydrogen-bond acceptors (Lipinski definition) is 1. The van der Waals surface area contributed by atoms with Crippen molar-refractivity contribution in [2.45, 2.75) is 6.30 Å². The lowest BCUT2D eigenvalue weighted by atomic mass is 10.2. The molecule has 0 bridgehead atoms. The van der Waals surface area contributed by atoms with Gasteiger partial charge in [-0.15, -0.1) is 13.2 Å². The molecule has 1 aromatic heterocycles. The van der Waals surface area contributed by atoms with Gasteiger partial charge in [0.15, 0.2) is 0 Å². The normalized spacial score (nSPS) is 11.7. The zero-order valence-corrected chi connectivity index (χ0v) is 7.49. The second kappa shape index (κ2) is 3.42. The number of hydrogen-bond donors (Lipinski definition) is 0. The van der Waals surface area contributed by atoms with Crippen LogP contribution in [0.3, 0.4) is 0 Å². The van der Waals surface area contributed by atoms with Gasteiger partial charge in [0.05, 0.1) is 0 Å². The molecule has 0 spiro atoms. The van der Waals surface area contributed by atoms with Gasteiger partial charge in [-0.1, -0.05) is 24.3 Å². The van der Waals surface area contributed by atoms with E-state index < -0.39 is 6.30 Å². The molecule has 2 aromatic rings. The predicted octanol–water partition coefficient (Wildman–Crippen LogP) is 2.83. The van der Waals surface area contributed by atoms with Crippen LogP contribution in [0.5, 0.6) is 0 Å². The van der Waals surface area contributed by atoms with Crippen LogP contribution in [0.4, 0.5) is 13.2 Å². The van der Waals surface area contributed by atoms with Gasteiger partial charge < -0.3 is 0 Å². The monoisotopic (exact) mass is 211 g/mol. The number of alkyl halides is 3. The smallest absolute Gasteiger partial charge is 0.241 e. The largest absolute Gasteiger partial charge is 0.490 e. The number of rotatable bonds is 1. The zero-order valence-electron chi connectivity index (χ0n) is 7.49. The summed E-state index contributed by atoms with van der Waals surface area (Å²) in [6.45, 7) is 0. The number of aromatic nitrogens is 2. The minimum absolute atomic E-state index is 0.150. The van der Waals surface area contributed by atoms with Crippen molar-refractivity contribution >= 4 is 0 Å². The van der Waals surface area contributed by atoms with E-state index in [0.717, 1.165) is 12.4 Å². The SMILES string of the molecule is FC(F)(F)n1ccnc1-c1[c]cccc1. The molecule has 2 rings (SSSR count). The molecule has 1 heterocycles. The predicted molar refractivity (Wildman–Crippen MR) is 47.8 cm³/mol. The van der Waals surface area contributed by atoms with Crippen molar-refractivity contribution in [2.24, 2.45) is 0 Å². The van der Waals surface area contributed by atoms with Gasteiger partial charge in [-0.2, -0.15) is 0 Å². The quantitative estimate of drug-likeness (QED) is 0.709. The molecule has 0 aliphatic heterocycles. The van der Waals surface area contributed by atoms with Crippen LogP contribution in [0.15, 0.2) is 36.7 Å². The molecular formula is C10H6F3N2. The first-order valence-electron chi connectivity index (χ1n) is 4.16. The van der Waals surface area contributed by atoms with Gasteiger partial charge in [0, 0.05) is 18.0 Å². The maximum absolute atomic E-state index is 12.5. The Kier molecular flexibility index (Phi) is 2.22. The molecule has 2 nitrogen and oxygen atoms in total. The highest BCUT2D eigenvalue weighted by Crippen LogP contribution is 2.28. The van der Waals surface area contributed by atoms with Crippen LogP contribution >= 0.6 is 0 Å². The number of halogens is 3. The first-order chi connectivity index (χ1) is 7.09. The fourth-order valence-corrected chi connectivity index (χ4v) is 1.24. The van der Waals surface area contributed by atoms with Crippen molar-refractivity contribution in [1.82, 2.24) is 9.55 Å². The van der Waals surface area contributed by atoms with Crippen molar-refractivity contribution < 1.29 is 13.2 Å². The van der Waals surface area contributed by atoms with E-state index in [1.807, 2.05) is 0 Å². The maximum atomic E-state index is 12.5. The van der Waals surface area contributed by atoms with Gasteiger partial charge in [-0.25, -0.2) is 9.55 Å². The molecule has 0 aliphatic carbocycles. The Morgan fingerprint density at radius 1 is 1.27 bits per heavy atom. The Labute approximate surface area is 84.0 Å². The van der Waals surface area contributed by atoms with Gasteiger partial charge in [0.25, 0.3) is 0 Å². The molecule has 0 unspecified atom stereocenters. The van der Waals surface area contributed by atoms with Gasteiger partial charge >= 0.3 is 6.30 Å². The van der Waals surface area contributed by atoms with E-state index in [9.17, 15) is 13.2 Å². The molecule has 0 fully saturated rings. The number of imidazole rings is 1. The maximum Gasteiger partial charge on any atom is 0.490 e. The van der Waals surface area contributed by atoms with Gasteiger partial charge in [-0.3, -0.25) is 0 Å². The highest BCUT2D eigenvalue weighted by atomic mass is 19.4. The summed E-state index contributed by atoms with van der Waals surface area (Å²) >= 11 is 0. The van der Waals surface area contributed by atoms with Gasteiger partial charge in [-0.05, 0) is 6.07 Å². The Morgan fingerprint density at radius 3 is 2.67 bits per heavy atom. The van der Waals surface area contributed by atoms with Crippen LogP contribution in [-0.4, -0.2) is 9.55 Å². The number of nitrogens with zero attached hydrogens (tertiary/aromatic N) is 2. The Bertz CT molecular complexity index is 445. The highest BCUT2D eigenvalue weighted by molar-refractivity contribution is 5.54.